The predicted molar refractivity (Wildman–Crippen MR) is 73.3 cm³/mol. The molecule has 0 heterocycles. The lowest BCUT2D eigenvalue weighted by molar-refractivity contribution is -0.210. The zero-order chi connectivity index (χ0) is 11.5. The summed E-state index contributed by atoms with van der Waals surface area (Å²) in [5.74, 6) is -0.665. The first-order valence-corrected chi connectivity index (χ1v) is 6.61. The Morgan fingerprint density at radius 3 is 2.00 bits per heavy atom. The van der Waals surface area contributed by atoms with Gasteiger partial charge in [0.1, 0.15) is 0 Å². The van der Waals surface area contributed by atoms with Crippen molar-refractivity contribution in [1.82, 2.24) is 0 Å². The molecular weight excluding hydrogens is 371 g/mol. The number of halogens is 2. The van der Waals surface area contributed by atoms with E-state index in [4.69, 9.17) is 9.47 Å². The van der Waals surface area contributed by atoms with Gasteiger partial charge in [-0.2, -0.15) is 0 Å². The van der Waals surface area contributed by atoms with Crippen LogP contribution in [0.4, 0.5) is 0 Å². The average molecular weight is 385 g/mol. The fourth-order valence-electron chi connectivity index (χ4n) is 1.56. The molecule has 0 aliphatic rings. The Balaban J connectivity index is 3.14. The summed E-state index contributed by atoms with van der Waals surface area (Å²) < 4.78 is 12.3. The van der Waals surface area contributed by atoms with Gasteiger partial charge in [-0.15, -0.1) is 0 Å². The highest BCUT2D eigenvalue weighted by atomic mass is 127. The highest BCUT2D eigenvalue weighted by molar-refractivity contribution is 14.1. The molecule has 2 nitrogen and oxygen atoms in total. The van der Waals surface area contributed by atoms with E-state index in [1.165, 1.54) is 0 Å². The number of methoxy groups -OCH3 is 2. The summed E-state index contributed by atoms with van der Waals surface area (Å²) in [6.07, 6.45) is 0. The summed E-state index contributed by atoms with van der Waals surface area (Å²) in [4.78, 5) is 0. The Morgan fingerprint density at radius 2 is 1.67 bits per heavy atom. The van der Waals surface area contributed by atoms with Crippen molar-refractivity contribution in [2.45, 2.75) is 16.6 Å². The zero-order valence-corrected chi connectivity index (χ0v) is 12.7. The minimum Gasteiger partial charge on any atom is -0.348 e. The molecule has 4 heteroatoms. The maximum Gasteiger partial charge on any atom is 0.206 e. The third-order valence-electron chi connectivity index (χ3n) is 2.38. The van der Waals surface area contributed by atoms with Crippen LogP contribution in [-0.2, 0) is 15.3 Å². The first kappa shape index (κ1) is 13.4. The third kappa shape index (κ3) is 2.72. The molecule has 0 radical (unpaired) electrons. The number of hydrogen-bond acceptors (Lipinski definition) is 2. The normalized spacial score (nSPS) is 13.9. The van der Waals surface area contributed by atoms with Crippen molar-refractivity contribution in [2.24, 2.45) is 0 Å². The van der Waals surface area contributed by atoms with E-state index in [0.717, 1.165) is 10.0 Å². The van der Waals surface area contributed by atoms with Crippen molar-refractivity contribution < 1.29 is 9.47 Å². The van der Waals surface area contributed by atoms with Crippen molar-refractivity contribution in [3.05, 3.63) is 34.3 Å². The van der Waals surface area contributed by atoms with E-state index in [0.29, 0.717) is 0 Å². The summed E-state index contributed by atoms with van der Waals surface area (Å²) in [6, 6.07) is 7.99. The Hall–Kier alpha value is 0.350. The van der Waals surface area contributed by atoms with Crippen molar-refractivity contribution in [2.75, 3.05) is 14.2 Å². The average Bonchev–Trinajstić information content (AvgIpc) is 2.22. The van der Waals surface area contributed by atoms with Gasteiger partial charge in [-0.1, -0.05) is 50.7 Å². The summed E-state index contributed by atoms with van der Waals surface area (Å²) >= 11 is 5.72. The van der Waals surface area contributed by atoms with Gasteiger partial charge in [-0.3, -0.25) is 0 Å². The largest absolute Gasteiger partial charge is 0.348 e. The summed E-state index contributed by atoms with van der Waals surface area (Å²) in [5, 5.41) is 0. The second kappa shape index (κ2) is 5.61. The van der Waals surface area contributed by atoms with E-state index in [1.54, 1.807) is 14.2 Å². The standard InChI is InChI=1S/C11H14BrIO2/c1-8(13)11(14-2,15-3)9-4-6-10(12)7-5-9/h4-8H,1-3H3. The molecule has 1 aromatic carbocycles. The van der Waals surface area contributed by atoms with Crippen LogP contribution in [0.2, 0.25) is 0 Å². The monoisotopic (exact) mass is 384 g/mol. The molecule has 1 atom stereocenters. The van der Waals surface area contributed by atoms with Crippen LogP contribution in [0.15, 0.2) is 28.7 Å². The van der Waals surface area contributed by atoms with Gasteiger partial charge in [0.25, 0.3) is 0 Å². The fourth-order valence-corrected chi connectivity index (χ4v) is 2.69. The molecule has 0 aromatic heterocycles. The van der Waals surface area contributed by atoms with Gasteiger partial charge in [0.05, 0.1) is 3.92 Å². The molecule has 0 saturated carbocycles. The van der Waals surface area contributed by atoms with Crippen LogP contribution >= 0.6 is 38.5 Å². The number of ether oxygens (including phenoxy) is 2. The summed E-state index contributed by atoms with van der Waals surface area (Å²) in [6.45, 7) is 2.07. The van der Waals surface area contributed by atoms with E-state index >= 15 is 0 Å². The molecule has 0 fully saturated rings. The molecule has 0 spiro atoms. The van der Waals surface area contributed by atoms with Crippen LogP contribution in [0.3, 0.4) is 0 Å². The lowest BCUT2D eigenvalue weighted by Crippen LogP contribution is -2.38. The molecule has 0 bridgehead atoms. The van der Waals surface area contributed by atoms with Crippen LogP contribution in [0.1, 0.15) is 12.5 Å². The van der Waals surface area contributed by atoms with Crippen molar-refractivity contribution >= 4 is 38.5 Å². The predicted octanol–water partition coefficient (Wildman–Crippen LogP) is 3.72. The van der Waals surface area contributed by atoms with Gasteiger partial charge in [-0.25, -0.2) is 0 Å². The molecule has 0 amide bonds. The quantitative estimate of drug-likeness (QED) is 0.447. The smallest absolute Gasteiger partial charge is 0.206 e. The Bertz CT molecular complexity index is 307. The van der Waals surface area contributed by atoms with Gasteiger partial charge < -0.3 is 9.47 Å². The lowest BCUT2D eigenvalue weighted by atomic mass is 10.0. The molecule has 0 N–H and O–H groups in total. The van der Waals surface area contributed by atoms with Crippen molar-refractivity contribution in [1.29, 1.82) is 0 Å². The van der Waals surface area contributed by atoms with Crippen LogP contribution < -0.4 is 0 Å². The molecule has 0 saturated heterocycles. The van der Waals surface area contributed by atoms with E-state index in [-0.39, 0.29) is 3.92 Å². The van der Waals surface area contributed by atoms with E-state index in [1.807, 2.05) is 24.3 Å². The van der Waals surface area contributed by atoms with Crippen LogP contribution in [0.5, 0.6) is 0 Å². The van der Waals surface area contributed by atoms with Crippen molar-refractivity contribution in [3.8, 4) is 0 Å². The fraction of sp³-hybridized carbons (Fsp3) is 0.455. The molecule has 1 unspecified atom stereocenters. The number of hydrogen-bond donors (Lipinski definition) is 0. The number of benzene rings is 1. The molecule has 15 heavy (non-hydrogen) atoms. The second-order valence-corrected chi connectivity index (χ2v) is 5.98. The third-order valence-corrected chi connectivity index (χ3v) is 3.73. The van der Waals surface area contributed by atoms with Crippen LogP contribution in [0.25, 0.3) is 0 Å². The van der Waals surface area contributed by atoms with Gasteiger partial charge in [0.15, 0.2) is 0 Å². The Morgan fingerprint density at radius 1 is 1.20 bits per heavy atom. The van der Waals surface area contributed by atoms with E-state index < -0.39 is 5.79 Å². The number of alkyl halides is 1. The lowest BCUT2D eigenvalue weighted by Gasteiger charge is -2.34. The zero-order valence-electron chi connectivity index (χ0n) is 8.96. The highest BCUT2D eigenvalue weighted by Crippen LogP contribution is 2.34. The van der Waals surface area contributed by atoms with Gasteiger partial charge in [0.2, 0.25) is 5.79 Å². The minimum absolute atomic E-state index is 0.214. The van der Waals surface area contributed by atoms with Gasteiger partial charge in [0, 0.05) is 24.3 Å². The second-order valence-electron chi connectivity index (χ2n) is 3.20. The molecule has 1 rings (SSSR count). The van der Waals surface area contributed by atoms with Gasteiger partial charge >= 0.3 is 0 Å². The maximum atomic E-state index is 5.53. The van der Waals surface area contributed by atoms with E-state index in [2.05, 4.69) is 45.4 Å². The van der Waals surface area contributed by atoms with Gasteiger partial charge in [-0.05, 0) is 19.1 Å². The Labute approximate surface area is 113 Å². The summed E-state index contributed by atoms with van der Waals surface area (Å²) in [7, 11) is 3.33. The topological polar surface area (TPSA) is 18.5 Å². The summed E-state index contributed by atoms with van der Waals surface area (Å²) in [5.41, 5.74) is 1.03. The van der Waals surface area contributed by atoms with Crippen molar-refractivity contribution in [3.63, 3.8) is 0 Å². The molecular formula is C11H14BrIO2. The molecule has 1 aromatic rings. The first-order chi connectivity index (χ1) is 7.06. The van der Waals surface area contributed by atoms with Crippen LogP contribution in [0, 0.1) is 0 Å². The Kier molecular flexibility index (Phi) is 5.02. The molecule has 84 valence electrons. The first-order valence-electron chi connectivity index (χ1n) is 4.57. The highest BCUT2D eigenvalue weighted by Gasteiger charge is 2.37. The number of rotatable bonds is 4. The van der Waals surface area contributed by atoms with Crippen LogP contribution in [-0.4, -0.2) is 18.1 Å². The molecule has 0 aliphatic carbocycles. The molecule has 0 aliphatic heterocycles. The maximum absolute atomic E-state index is 5.53. The van der Waals surface area contributed by atoms with E-state index in [9.17, 15) is 0 Å². The minimum atomic E-state index is -0.665. The SMILES string of the molecule is COC(OC)(c1ccc(Br)cc1)C(C)I.